The minimum atomic E-state index is -0.964. The van der Waals surface area contributed by atoms with Crippen LogP contribution < -0.4 is 4.74 Å². The van der Waals surface area contributed by atoms with E-state index >= 15 is 0 Å². The number of piperidine rings is 1. The summed E-state index contributed by atoms with van der Waals surface area (Å²) in [6.07, 6.45) is 10.9. The Morgan fingerprint density at radius 1 is 1.02 bits per heavy atom. The highest BCUT2D eigenvalue weighted by Gasteiger charge is 2.72. The molecule has 2 bridgehead atoms. The fourth-order valence-electron chi connectivity index (χ4n) is 11.6. The smallest absolute Gasteiger partial charge is 0.166 e. The van der Waals surface area contributed by atoms with Crippen LogP contribution in [0.2, 0.25) is 0 Å². The summed E-state index contributed by atoms with van der Waals surface area (Å²) in [7, 11) is 0. The van der Waals surface area contributed by atoms with Gasteiger partial charge >= 0.3 is 0 Å². The molecule has 3 saturated carbocycles. The number of hydrogen-bond donors (Lipinski definition) is 3. The molecule has 0 aromatic heterocycles. The Hall–Kier alpha value is -3.16. The maximum absolute atomic E-state index is 12.6. The Morgan fingerprint density at radius 2 is 1.91 bits per heavy atom. The summed E-state index contributed by atoms with van der Waals surface area (Å²) in [5, 5.41) is 43.8. The molecule has 3 N–H and O–H groups in total. The first-order valence-electron chi connectivity index (χ1n) is 16.8. The summed E-state index contributed by atoms with van der Waals surface area (Å²) in [6.45, 7) is 8.01. The molecule has 7 aliphatic rings. The Bertz CT molecular complexity index is 1650. The molecule has 2 aromatic rings. The van der Waals surface area contributed by atoms with Gasteiger partial charge in [-0.25, -0.2) is 0 Å². The predicted octanol–water partition coefficient (Wildman–Crippen LogP) is 5.79. The van der Waals surface area contributed by atoms with Crippen LogP contribution in [0.25, 0.3) is 0 Å². The number of fused-ring (bicyclic) bond motifs is 5. The number of aryl methyl sites for hydroxylation is 1. The van der Waals surface area contributed by atoms with Gasteiger partial charge in [0.2, 0.25) is 0 Å². The van der Waals surface area contributed by atoms with Crippen molar-refractivity contribution < 1.29 is 20.1 Å². The van der Waals surface area contributed by atoms with E-state index in [1.807, 2.05) is 24.3 Å². The van der Waals surface area contributed by atoms with Crippen LogP contribution in [0.1, 0.15) is 86.5 Å². The van der Waals surface area contributed by atoms with Gasteiger partial charge in [0, 0.05) is 35.8 Å². The van der Waals surface area contributed by atoms with Gasteiger partial charge in [0.05, 0.1) is 16.7 Å². The second kappa shape index (κ2) is 9.20. The topological polar surface area (TPSA) is 97.9 Å². The number of likely N-dealkylation sites (tertiary alicyclic amines) is 1. The Labute approximate surface area is 259 Å². The number of rotatable bonds is 3. The first kappa shape index (κ1) is 27.2. The summed E-state index contributed by atoms with van der Waals surface area (Å²) in [6, 6.07) is 9.77. The van der Waals surface area contributed by atoms with Crippen LogP contribution in [0.5, 0.6) is 17.2 Å². The van der Waals surface area contributed by atoms with E-state index in [4.69, 9.17) is 14.9 Å². The van der Waals surface area contributed by atoms with Crippen molar-refractivity contribution in [3.05, 3.63) is 65.2 Å². The second-order valence-electron chi connectivity index (χ2n) is 15.0. The van der Waals surface area contributed by atoms with Crippen molar-refractivity contribution in [2.24, 2.45) is 27.5 Å². The molecule has 5 aliphatic carbocycles. The highest BCUT2D eigenvalue weighted by atomic mass is 16.5. The molecular formula is C37H43N3O4. The third-order valence-electron chi connectivity index (χ3n) is 13.5. The lowest BCUT2D eigenvalue weighted by molar-refractivity contribution is -0.163. The van der Waals surface area contributed by atoms with Gasteiger partial charge in [0.1, 0.15) is 5.75 Å². The molecule has 230 valence electrons. The van der Waals surface area contributed by atoms with Gasteiger partial charge in [0.25, 0.3) is 0 Å². The maximum Gasteiger partial charge on any atom is 0.166 e. The normalized spacial score (nSPS) is 41.5. The molecule has 2 aliphatic heterocycles. The van der Waals surface area contributed by atoms with E-state index in [0.717, 1.165) is 69.3 Å². The number of phenols is 2. The van der Waals surface area contributed by atoms with Crippen molar-refractivity contribution >= 4 is 11.4 Å². The number of ether oxygens (including phenoxy) is 1. The average molecular weight is 594 g/mol. The molecule has 0 radical (unpaired) electrons. The molecule has 1 saturated heterocycles. The molecule has 0 amide bonds. The predicted molar refractivity (Wildman–Crippen MR) is 170 cm³/mol. The van der Waals surface area contributed by atoms with Crippen LogP contribution in [0.3, 0.4) is 0 Å². The minimum Gasteiger partial charge on any atom is -0.508 e. The largest absolute Gasteiger partial charge is 0.508 e. The van der Waals surface area contributed by atoms with Gasteiger partial charge in [0.15, 0.2) is 17.6 Å². The quantitative estimate of drug-likeness (QED) is 0.309. The number of benzene rings is 2. The van der Waals surface area contributed by atoms with Crippen LogP contribution in [0.4, 0.5) is 0 Å². The Kier molecular flexibility index (Phi) is 5.68. The molecule has 1 spiro atoms. The lowest BCUT2D eigenvalue weighted by Crippen LogP contribution is -2.76. The number of phenolic OH excluding ortho intramolecular Hbond substituents is 2. The fourth-order valence-corrected chi connectivity index (χ4v) is 11.6. The standard InChI is InChI=1S/C37H43N3O4/c1-3-17-40-18-16-36-32-22-5-10-29(42)33(32)44-34(36)28(13-15-37(36,43)31(40)20-22)38-39-30-11-9-27-26-7-4-21-19-23(41)6-8-24(21)25(26)12-14-35(27,30)2/h3,5-6,8,10,19,25-27,31,34,41-43H,1,4,7,9,11-18,20H2,2H3/b38-28+,39-30+/t25-,26-,27+,31-,34+,35+,36+,37-/m1/s1. The third-order valence-corrected chi connectivity index (χ3v) is 13.5. The highest BCUT2D eigenvalue weighted by molar-refractivity contribution is 5.97. The van der Waals surface area contributed by atoms with Gasteiger partial charge in [-0.15, -0.1) is 6.58 Å². The SMILES string of the molecule is C=CCN1CC[C@]23c4c5ccc(O)c4O[C@H]2/C(=N/N=C2\CC[C@H]4[C@@H]6CCc7cc(O)ccc7[C@H]6CC[C@]24C)CC[C@@]3(O)[C@H]1C5. The van der Waals surface area contributed by atoms with Crippen molar-refractivity contribution in [1.29, 1.82) is 0 Å². The van der Waals surface area contributed by atoms with Gasteiger partial charge in [-0.1, -0.05) is 25.1 Å². The van der Waals surface area contributed by atoms with Crippen LogP contribution in [0, 0.1) is 17.3 Å². The summed E-state index contributed by atoms with van der Waals surface area (Å²) in [5.41, 5.74) is 5.55. The lowest BCUT2D eigenvalue weighted by Gasteiger charge is -2.62. The molecule has 7 heteroatoms. The zero-order valence-electron chi connectivity index (χ0n) is 25.6. The summed E-state index contributed by atoms with van der Waals surface area (Å²) in [5.74, 6) is 2.88. The third kappa shape index (κ3) is 3.30. The van der Waals surface area contributed by atoms with Crippen LogP contribution in [-0.2, 0) is 18.3 Å². The molecule has 8 atom stereocenters. The van der Waals surface area contributed by atoms with E-state index < -0.39 is 17.1 Å². The molecular weight excluding hydrogens is 550 g/mol. The van der Waals surface area contributed by atoms with Crippen LogP contribution in [-0.4, -0.2) is 62.5 Å². The Morgan fingerprint density at radius 3 is 2.77 bits per heavy atom. The first-order valence-corrected chi connectivity index (χ1v) is 16.8. The van der Waals surface area contributed by atoms with Gasteiger partial charge in [-0.2, -0.15) is 10.2 Å². The molecule has 2 heterocycles. The molecule has 0 unspecified atom stereocenters. The molecule has 2 aromatic carbocycles. The van der Waals surface area contributed by atoms with Gasteiger partial charge < -0.3 is 20.1 Å². The molecule has 4 fully saturated rings. The highest BCUT2D eigenvalue weighted by Crippen LogP contribution is 2.65. The monoisotopic (exact) mass is 593 g/mol. The van der Waals surface area contributed by atoms with Crippen LogP contribution in [0.15, 0.2) is 53.2 Å². The lowest BCUT2D eigenvalue weighted by atomic mass is 9.49. The molecule has 7 nitrogen and oxygen atoms in total. The van der Waals surface area contributed by atoms with Crippen molar-refractivity contribution in [2.45, 2.75) is 100 Å². The van der Waals surface area contributed by atoms with E-state index in [-0.39, 0.29) is 17.2 Å². The van der Waals surface area contributed by atoms with Crippen molar-refractivity contribution in [3.63, 3.8) is 0 Å². The second-order valence-corrected chi connectivity index (χ2v) is 15.0. The van der Waals surface area contributed by atoms with Gasteiger partial charge in [-0.3, -0.25) is 4.90 Å². The fraction of sp³-hybridized carbons (Fsp3) is 0.568. The zero-order valence-corrected chi connectivity index (χ0v) is 25.6. The maximum atomic E-state index is 12.6. The summed E-state index contributed by atoms with van der Waals surface area (Å²) < 4.78 is 6.68. The van der Waals surface area contributed by atoms with E-state index in [1.165, 1.54) is 28.8 Å². The van der Waals surface area contributed by atoms with E-state index in [2.05, 4.69) is 24.5 Å². The van der Waals surface area contributed by atoms with E-state index in [1.54, 1.807) is 6.07 Å². The van der Waals surface area contributed by atoms with Crippen molar-refractivity contribution in [3.8, 4) is 17.2 Å². The first-order chi connectivity index (χ1) is 21.3. The summed E-state index contributed by atoms with van der Waals surface area (Å²) in [4.78, 5) is 2.38. The molecule has 9 rings (SSSR count). The minimum absolute atomic E-state index is 0.0227. The van der Waals surface area contributed by atoms with Crippen molar-refractivity contribution in [2.75, 3.05) is 13.1 Å². The zero-order chi connectivity index (χ0) is 30.0. The van der Waals surface area contributed by atoms with E-state index in [9.17, 15) is 15.3 Å². The average Bonchev–Trinajstić information content (AvgIpc) is 3.54. The number of hydrogen-bond acceptors (Lipinski definition) is 7. The van der Waals surface area contributed by atoms with Crippen LogP contribution >= 0.6 is 0 Å². The number of aromatic hydroxyl groups is 2. The number of nitrogens with zero attached hydrogens (tertiary/aromatic N) is 3. The van der Waals surface area contributed by atoms with E-state index in [0.29, 0.717) is 42.1 Å². The Balaban J connectivity index is 1.06. The number of aliphatic hydroxyl groups is 1. The molecule has 44 heavy (non-hydrogen) atoms. The van der Waals surface area contributed by atoms with Crippen molar-refractivity contribution in [1.82, 2.24) is 4.90 Å². The van der Waals surface area contributed by atoms with Gasteiger partial charge in [-0.05, 0) is 117 Å². The summed E-state index contributed by atoms with van der Waals surface area (Å²) >= 11 is 0.